The van der Waals surface area contributed by atoms with Crippen LogP contribution in [0.25, 0.3) is 11.3 Å². The Hall–Kier alpha value is -2.05. The molecule has 1 atom stereocenters. The molecule has 0 aliphatic carbocycles. The average Bonchev–Trinajstić information content (AvgIpc) is 2.93. The Balaban J connectivity index is 1.99. The van der Waals surface area contributed by atoms with Crippen LogP contribution >= 0.6 is 0 Å². The van der Waals surface area contributed by atoms with Crippen molar-refractivity contribution >= 4 is 0 Å². The van der Waals surface area contributed by atoms with Crippen LogP contribution in [-0.4, -0.2) is 6.04 Å². The Morgan fingerprint density at radius 3 is 2.65 bits per heavy atom. The standard InChI is InChI=1S/C17H18FNO/c1-3-5-15(4-2)19-12-16-10-11-17(20-16)13-6-8-14(18)9-7-13/h1,6-11,15,19H,4-5,12H2,2H3. The summed E-state index contributed by atoms with van der Waals surface area (Å²) in [5, 5.41) is 3.36. The molecule has 1 heterocycles. The lowest BCUT2D eigenvalue weighted by molar-refractivity contribution is 0.445. The lowest BCUT2D eigenvalue weighted by atomic mass is 10.1. The van der Waals surface area contributed by atoms with Crippen molar-refractivity contribution in [1.29, 1.82) is 0 Å². The fourth-order valence-electron chi connectivity index (χ4n) is 1.99. The summed E-state index contributed by atoms with van der Waals surface area (Å²) >= 11 is 0. The molecule has 1 N–H and O–H groups in total. The lowest BCUT2D eigenvalue weighted by Crippen LogP contribution is -2.27. The van der Waals surface area contributed by atoms with Gasteiger partial charge in [-0.05, 0) is 42.8 Å². The van der Waals surface area contributed by atoms with Gasteiger partial charge in [-0.25, -0.2) is 4.39 Å². The van der Waals surface area contributed by atoms with E-state index in [9.17, 15) is 4.39 Å². The number of rotatable bonds is 6. The van der Waals surface area contributed by atoms with Crippen LogP contribution in [0.3, 0.4) is 0 Å². The molecule has 0 fully saturated rings. The molecule has 1 unspecified atom stereocenters. The first-order valence-corrected chi connectivity index (χ1v) is 6.74. The van der Waals surface area contributed by atoms with Gasteiger partial charge in [0.15, 0.2) is 0 Å². The molecular weight excluding hydrogens is 253 g/mol. The van der Waals surface area contributed by atoms with Crippen LogP contribution in [0, 0.1) is 18.2 Å². The average molecular weight is 271 g/mol. The molecule has 0 spiro atoms. The van der Waals surface area contributed by atoms with Crippen molar-refractivity contribution in [3.8, 4) is 23.7 Å². The van der Waals surface area contributed by atoms with Crippen molar-refractivity contribution in [3.63, 3.8) is 0 Å². The number of hydrogen-bond acceptors (Lipinski definition) is 2. The molecule has 2 nitrogen and oxygen atoms in total. The van der Waals surface area contributed by atoms with Gasteiger partial charge >= 0.3 is 0 Å². The smallest absolute Gasteiger partial charge is 0.134 e. The minimum Gasteiger partial charge on any atom is -0.460 e. The van der Waals surface area contributed by atoms with Gasteiger partial charge in [-0.1, -0.05) is 6.92 Å². The maximum atomic E-state index is 12.9. The predicted molar refractivity (Wildman–Crippen MR) is 78.5 cm³/mol. The second-order valence-corrected chi connectivity index (χ2v) is 4.67. The van der Waals surface area contributed by atoms with Gasteiger partial charge in [0, 0.05) is 18.0 Å². The van der Waals surface area contributed by atoms with Gasteiger partial charge in [0.1, 0.15) is 17.3 Å². The fraction of sp³-hybridized carbons (Fsp3) is 0.294. The molecule has 0 saturated heterocycles. The van der Waals surface area contributed by atoms with Crippen LogP contribution in [-0.2, 0) is 6.54 Å². The Labute approximate surface area is 119 Å². The third-order valence-corrected chi connectivity index (χ3v) is 3.21. The maximum Gasteiger partial charge on any atom is 0.134 e. The zero-order valence-electron chi connectivity index (χ0n) is 11.5. The highest BCUT2D eigenvalue weighted by molar-refractivity contribution is 5.57. The Bertz CT molecular complexity index is 580. The summed E-state index contributed by atoms with van der Waals surface area (Å²) in [6.07, 6.45) is 7.01. The number of halogens is 1. The molecule has 0 radical (unpaired) electrons. The zero-order valence-corrected chi connectivity index (χ0v) is 11.5. The summed E-state index contributed by atoms with van der Waals surface area (Å²) < 4.78 is 18.6. The van der Waals surface area contributed by atoms with Gasteiger partial charge in [-0.2, -0.15) is 0 Å². The minimum absolute atomic E-state index is 0.248. The van der Waals surface area contributed by atoms with Crippen LogP contribution in [0.2, 0.25) is 0 Å². The topological polar surface area (TPSA) is 25.2 Å². The van der Waals surface area contributed by atoms with Gasteiger partial charge in [-0.3, -0.25) is 0 Å². The molecule has 20 heavy (non-hydrogen) atoms. The molecule has 0 amide bonds. The van der Waals surface area contributed by atoms with Gasteiger partial charge in [-0.15, -0.1) is 12.3 Å². The van der Waals surface area contributed by atoms with Crippen LogP contribution < -0.4 is 5.32 Å². The Kier molecular flexibility index (Phi) is 4.97. The Morgan fingerprint density at radius 1 is 1.25 bits per heavy atom. The second kappa shape index (κ2) is 6.93. The maximum absolute atomic E-state index is 12.9. The van der Waals surface area contributed by atoms with Crippen molar-refractivity contribution in [2.24, 2.45) is 0 Å². The number of terminal acetylenes is 1. The molecule has 1 aromatic carbocycles. The van der Waals surface area contributed by atoms with E-state index in [4.69, 9.17) is 10.8 Å². The summed E-state index contributed by atoms with van der Waals surface area (Å²) in [4.78, 5) is 0. The first kappa shape index (κ1) is 14.4. The third kappa shape index (κ3) is 3.72. The first-order valence-electron chi connectivity index (χ1n) is 6.74. The van der Waals surface area contributed by atoms with Crippen molar-refractivity contribution < 1.29 is 8.81 Å². The first-order chi connectivity index (χ1) is 9.72. The summed E-state index contributed by atoms with van der Waals surface area (Å²) in [6, 6.07) is 10.4. The highest BCUT2D eigenvalue weighted by Crippen LogP contribution is 2.22. The van der Waals surface area contributed by atoms with E-state index in [0.29, 0.717) is 19.0 Å². The van der Waals surface area contributed by atoms with Gasteiger partial charge in [0.2, 0.25) is 0 Å². The Morgan fingerprint density at radius 2 is 2.00 bits per heavy atom. The summed E-state index contributed by atoms with van der Waals surface area (Å²) in [5.74, 6) is 4.00. The van der Waals surface area contributed by atoms with E-state index in [0.717, 1.165) is 23.5 Å². The summed E-state index contributed by atoms with van der Waals surface area (Å²) in [5.41, 5.74) is 0.869. The van der Waals surface area contributed by atoms with Gasteiger partial charge in [0.05, 0.1) is 6.54 Å². The molecule has 1 aromatic heterocycles. The van der Waals surface area contributed by atoms with Crippen molar-refractivity contribution in [3.05, 3.63) is 48.0 Å². The van der Waals surface area contributed by atoms with E-state index >= 15 is 0 Å². The molecule has 0 saturated carbocycles. The van der Waals surface area contributed by atoms with E-state index in [2.05, 4.69) is 18.2 Å². The molecule has 2 rings (SSSR count). The van der Waals surface area contributed by atoms with Crippen LogP contribution in [0.1, 0.15) is 25.5 Å². The third-order valence-electron chi connectivity index (χ3n) is 3.21. The largest absolute Gasteiger partial charge is 0.460 e. The normalized spacial score (nSPS) is 12.1. The van der Waals surface area contributed by atoms with Crippen molar-refractivity contribution in [1.82, 2.24) is 5.32 Å². The number of furan rings is 1. The molecule has 0 aliphatic rings. The zero-order chi connectivity index (χ0) is 14.4. The molecule has 2 aromatic rings. The highest BCUT2D eigenvalue weighted by Gasteiger charge is 2.08. The van der Waals surface area contributed by atoms with Crippen molar-refractivity contribution in [2.75, 3.05) is 0 Å². The molecule has 3 heteroatoms. The van der Waals surface area contributed by atoms with E-state index in [1.807, 2.05) is 12.1 Å². The summed E-state index contributed by atoms with van der Waals surface area (Å²) in [7, 11) is 0. The molecule has 0 aliphatic heterocycles. The van der Waals surface area contributed by atoms with Crippen LogP contribution in [0.15, 0.2) is 40.8 Å². The SMILES string of the molecule is C#CCC(CC)NCc1ccc(-c2ccc(F)cc2)o1. The quantitative estimate of drug-likeness (QED) is 0.804. The lowest BCUT2D eigenvalue weighted by Gasteiger charge is -2.12. The number of hydrogen-bond donors (Lipinski definition) is 1. The van der Waals surface area contributed by atoms with E-state index in [1.165, 1.54) is 12.1 Å². The molecular formula is C17H18FNO. The molecule has 104 valence electrons. The van der Waals surface area contributed by atoms with E-state index in [1.54, 1.807) is 12.1 Å². The highest BCUT2D eigenvalue weighted by atomic mass is 19.1. The number of benzene rings is 1. The second-order valence-electron chi connectivity index (χ2n) is 4.67. The van der Waals surface area contributed by atoms with Crippen LogP contribution in [0.5, 0.6) is 0 Å². The fourth-order valence-corrected chi connectivity index (χ4v) is 1.99. The van der Waals surface area contributed by atoms with Crippen LogP contribution in [0.4, 0.5) is 4.39 Å². The minimum atomic E-state index is -0.248. The number of nitrogens with one attached hydrogen (secondary N) is 1. The summed E-state index contributed by atoms with van der Waals surface area (Å²) in [6.45, 7) is 2.74. The molecule has 0 bridgehead atoms. The predicted octanol–water partition coefficient (Wildman–Crippen LogP) is 3.98. The van der Waals surface area contributed by atoms with Crippen molar-refractivity contribution in [2.45, 2.75) is 32.4 Å². The monoisotopic (exact) mass is 271 g/mol. The van der Waals surface area contributed by atoms with E-state index in [-0.39, 0.29) is 5.82 Å². The van der Waals surface area contributed by atoms with E-state index < -0.39 is 0 Å². The van der Waals surface area contributed by atoms with Gasteiger partial charge < -0.3 is 9.73 Å². The van der Waals surface area contributed by atoms with Gasteiger partial charge in [0.25, 0.3) is 0 Å².